The number of carbonyl (C=O) groups is 3. The van der Waals surface area contributed by atoms with E-state index in [1.54, 1.807) is 44.2 Å². The molecule has 0 bridgehead atoms. The van der Waals surface area contributed by atoms with Gasteiger partial charge in [0.1, 0.15) is 23.8 Å². The van der Waals surface area contributed by atoms with Crippen molar-refractivity contribution in [2.24, 2.45) is 0 Å². The Morgan fingerprint density at radius 3 is 2.67 bits per heavy atom. The average molecular weight is 538 g/mol. The van der Waals surface area contributed by atoms with E-state index in [1.807, 2.05) is 0 Å². The van der Waals surface area contributed by atoms with Gasteiger partial charge in [-0.1, -0.05) is 24.8 Å². The first-order valence-corrected chi connectivity index (χ1v) is 13.0. The van der Waals surface area contributed by atoms with Gasteiger partial charge in [-0.2, -0.15) is 0 Å². The zero-order valence-corrected chi connectivity index (χ0v) is 22.6. The fraction of sp³-hybridized carbons (Fsp3) is 0.414. The van der Waals surface area contributed by atoms with Gasteiger partial charge in [0.2, 0.25) is 0 Å². The third-order valence-electron chi connectivity index (χ3n) is 7.12. The molecule has 3 heterocycles. The number of rotatable bonds is 10. The number of esters is 1. The number of H-pyrrole nitrogens is 1. The number of ether oxygens (including phenoxy) is 3. The molecule has 2 fully saturated rings. The van der Waals surface area contributed by atoms with Gasteiger partial charge in [-0.15, -0.1) is 0 Å². The summed E-state index contributed by atoms with van der Waals surface area (Å²) < 4.78 is 16.0. The summed E-state index contributed by atoms with van der Waals surface area (Å²) in [6, 6.07) is 6.29. The first-order chi connectivity index (χ1) is 18.8. The zero-order chi connectivity index (χ0) is 28.1. The van der Waals surface area contributed by atoms with Crippen molar-refractivity contribution in [3.8, 4) is 5.75 Å². The number of morpholine rings is 1. The van der Waals surface area contributed by atoms with Crippen molar-refractivity contribution < 1.29 is 33.7 Å². The lowest BCUT2D eigenvalue weighted by molar-refractivity contribution is -0.140. The normalized spacial score (nSPS) is 19.4. The van der Waals surface area contributed by atoms with Crippen LogP contribution < -0.4 is 4.74 Å². The SMILES string of the molecule is C=CCOc1cccc(C2/C(=C(\O)c3c(C)[nH]c(C(=O)OC)c3C)C(=O)C(=O)N2CCCN2CCOCC2)c1. The van der Waals surface area contributed by atoms with E-state index in [0.29, 0.717) is 60.9 Å². The van der Waals surface area contributed by atoms with Crippen LogP contribution in [-0.2, 0) is 19.1 Å². The fourth-order valence-electron chi connectivity index (χ4n) is 5.22. The van der Waals surface area contributed by atoms with Crippen molar-refractivity contribution in [1.82, 2.24) is 14.8 Å². The molecule has 4 rings (SSSR count). The van der Waals surface area contributed by atoms with Crippen molar-refractivity contribution in [2.75, 3.05) is 53.1 Å². The minimum Gasteiger partial charge on any atom is -0.507 e. The van der Waals surface area contributed by atoms with Gasteiger partial charge in [0.05, 0.1) is 31.9 Å². The number of carbonyl (C=O) groups excluding carboxylic acids is 3. The highest BCUT2D eigenvalue weighted by Gasteiger charge is 2.46. The van der Waals surface area contributed by atoms with E-state index in [9.17, 15) is 19.5 Å². The highest BCUT2D eigenvalue weighted by Crippen LogP contribution is 2.41. The van der Waals surface area contributed by atoms with E-state index in [-0.39, 0.29) is 17.0 Å². The molecule has 2 saturated heterocycles. The van der Waals surface area contributed by atoms with Crippen LogP contribution in [0.25, 0.3) is 5.76 Å². The van der Waals surface area contributed by atoms with Crippen molar-refractivity contribution in [2.45, 2.75) is 26.3 Å². The number of aryl methyl sites for hydroxylation is 1. The average Bonchev–Trinajstić information content (AvgIpc) is 3.39. The minimum absolute atomic E-state index is 0.0335. The molecule has 0 aliphatic carbocycles. The lowest BCUT2D eigenvalue weighted by Crippen LogP contribution is -2.38. The largest absolute Gasteiger partial charge is 0.507 e. The number of amides is 1. The maximum atomic E-state index is 13.5. The first-order valence-electron chi connectivity index (χ1n) is 13.0. The molecule has 2 aliphatic rings. The second kappa shape index (κ2) is 12.3. The highest BCUT2D eigenvalue weighted by molar-refractivity contribution is 6.46. The number of hydrogen-bond donors (Lipinski definition) is 2. The van der Waals surface area contributed by atoms with E-state index in [0.717, 1.165) is 19.6 Å². The Bertz CT molecular complexity index is 1290. The van der Waals surface area contributed by atoms with Crippen LogP contribution in [0.3, 0.4) is 0 Å². The fourth-order valence-corrected chi connectivity index (χ4v) is 5.22. The number of Topliss-reactive ketones (excluding diaryl/α,β-unsaturated/α-hetero) is 1. The molecule has 1 unspecified atom stereocenters. The topological polar surface area (TPSA) is 121 Å². The second-order valence-corrected chi connectivity index (χ2v) is 9.59. The van der Waals surface area contributed by atoms with Gasteiger partial charge in [0.15, 0.2) is 0 Å². The van der Waals surface area contributed by atoms with Gasteiger partial charge in [-0.25, -0.2) is 4.79 Å². The van der Waals surface area contributed by atoms with Gasteiger partial charge in [-0.05, 0) is 43.5 Å². The number of methoxy groups -OCH3 is 1. The van der Waals surface area contributed by atoms with E-state index in [4.69, 9.17) is 14.2 Å². The lowest BCUT2D eigenvalue weighted by atomic mass is 9.94. The van der Waals surface area contributed by atoms with E-state index >= 15 is 0 Å². The van der Waals surface area contributed by atoms with E-state index in [2.05, 4.69) is 16.5 Å². The maximum Gasteiger partial charge on any atom is 0.354 e. The number of likely N-dealkylation sites (tertiary alicyclic amines) is 1. The summed E-state index contributed by atoms with van der Waals surface area (Å²) in [5, 5.41) is 11.6. The highest BCUT2D eigenvalue weighted by atomic mass is 16.5. The molecule has 0 radical (unpaired) electrons. The number of hydrogen-bond acceptors (Lipinski definition) is 8. The molecule has 2 aliphatic heterocycles. The summed E-state index contributed by atoms with van der Waals surface area (Å²) in [6.45, 7) is 11.4. The summed E-state index contributed by atoms with van der Waals surface area (Å²) in [4.78, 5) is 45.8. The summed E-state index contributed by atoms with van der Waals surface area (Å²) in [5.74, 6) is -1.84. The molecular weight excluding hydrogens is 502 g/mol. The molecule has 0 spiro atoms. The van der Waals surface area contributed by atoms with Crippen LogP contribution in [0.4, 0.5) is 0 Å². The van der Waals surface area contributed by atoms with E-state index < -0.39 is 23.7 Å². The van der Waals surface area contributed by atoms with Crippen LogP contribution in [0.15, 0.2) is 42.5 Å². The molecule has 1 aromatic carbocycles. The molecule has 1 amide bonds. The Balaban J connectivity index is 1.76. The Hall–Kier alpha value is -3.89. The monoisotopic (exact) mass is 537 g/mol. The molecule has 1 atom stereocenters. The van der Waals surface area contributed by atoms with Crippen LogP contribution in [0.5, 0.6) is 5.75 Å². The minimum atomic E-state index is -0.836. The second-order valence-electron chi connectivity index (χ2n) is 9.59. The Labute approximate surface area is 227 Å². The molecule has 39 heavy (non-hydrogen) atoms. The molecule has 0 saturated carbocycles. The van der Waals surface area contributed by atoms with Crippen LogP contribution in [-0.4, -0.2) is 90.7 Å². The summed E-state index contributed by atoms with van der Waals surface area (Å²) >= 11 is 0. The molecular formula is C29H35N3O7. The number of aliphatic hydroxyl groups is 1. The summed E-state index contributed by atoms with van der Waals surface area (Å²) in [5.41, 5.74) is 1.97. The van der Waals surface area contributed by atoms with E-state index in [1.165, 1.54) is 12.0 Å². The van der Waals surface area contributed by atoms with Gasteiger partial charge in [0.25, 0.3) is 11.7 Å². The molecule has 10 nitrogen and oxygen atoms in total. The third-order valence-corrected chi connectivity index (χ3v) is 7.12. The van der Waals surface area contributed by atoms with Crippen molar-refractivity contribution in [3.05, 3.63) is 70.6 Å². The number of aromatic nitrogens is 1. The smallest absolute Gasteiger partial charge is 0.354 e. The lowest BCUT2D eigenvalue weighted by Gasteiger charge is -2.29. The third kappa shape index (κ3) is 5.76. The Kier molecular flexibility index (Phi) is 8.88. The summed E-state index contributed by atoms with van der Waals surface area (Å²) in [7, 11) is 1.27. The van der Waals surface area contributed by atoms with Crippen LogP contribution in [0, 0.1) is 13.8 Å². The summed E-state index contributed by atoms with van der Waals surface area (Å²) in [6.07, 6.45) is 2.27. The van der Waals surface area contributed by atoms with Gasteiger partial charge < -0.3 is 29.2 Å². The van der Waals surface area contributed by atoms with Gasteiger partial charge >= 0.3 is 5.97 Å². The predicted molar refractivity (Wildman–Crippen MR) is 145 cm³/mol. The van der Waals surface area contributed by atoms with Gasteiger partial charge in [0, 0.05) is 37.4 Å². The van der Waals surface area contributed by atoms with Crippen molar-refractivity contribution >= 4 is 23.4 Å². The van der Waals surface area contributed by atoms with Gasteiger partial charge in [-0.3, -0.25) is 14.5 Å². The van der Waals surface area contributed by atoms with Crippen molar-refractivity contribution in [3.63, 3.8) is 0 Å². The van der Waals surface area contributed by atoms with Crippen LogP contribution in [0.2, 0.25) is 0 Å². The van der Waals surface area contributed by atoms with Crippen LogP contribution >= 0.6 is 0 Å². The number of aromatic amines is 1. The van der Waals surface area contributed by atoms with Crippen molar-refractivity contribution in [1.29, 1.82) is 0 Å². The standard InChI is InChI=1S/C29H35N3O7/c1-5-14-39-21-9-6-8-20(17-21)25-23(26(33)22-18(2)24(29(36)37-4)30-19(22)3)27(34)28(35)32(25)11-7-10-31-12-15-38-16-13-31/h5-6,8-9,17,25,30,33H,1,7,10-16H2,2-4H3/b26-23+. The molecule has 2 aromatic rings. The Morgan fingerprint density at radius 2 is 1.97 bits per heavy atom. The maximum absolute atomic E-state index is 13.5. The van der Waals surface area contributed by atoms with Crippen LogP contribution in [0.1, 0.15) is 45.3 Å². The number of aliphatic hydroxyl groups excluding tert-OH is 1. The molecule has 2 N–H and O–H groups in total. The molecule has 10 heteroatoms. The molecule has 1 aromatic heterocycles. The Morgan fingerprint density at radius 1 is 1.23 bits per heavy atom. The quantitative estimate of drug-likeness (QED) is 0.156. The molecule has 208 valence electrons. The number of benzene rings is 1. The number of nitrogens with zero attached hydrogens (tertiary/aromatic N) is 2. The predicted octanol–water partition coefficient (Wildman–Crippen LogP) is 3.13. The first kappa shape index (κ1) is 28.1. The number of ketones is 1. The number of nitrogens with one attached hydrogen (secondary N) is 1. The zero-order valence-electron chi connectivity index (χ0n) is 22.6.